The highest BCUT2D eigenvalue weighted by molar-refractivity contribution is 7.99. The van der Waals surface area contributed by atoms with E-state index in [0.29, 0.717) is 19.6 Å². The van der Waals surface area contributed by atoms with Crippen LogP contribution in [0.2, 0.25) is 0 Å². The third-order valence-corrected chi connectivity index (χ3v) is 7.20. The summed E-state index contributed by atoms with van der Waals surface area (Å²) in [7, 11) is 1.61. The molecule has 6 nitrogen and oxygen atoms in total. The summed E-state index contributed by atoms with van der Waals surface area (Å²) in [6.07, 6.45) is 2.30. The number of aromatic nitrogens is 2. The molecule has 0 bridgehead atoms. The normalized spacial score (nSPS) is 15.0. The van der Waals surface area contributed by atoms with E-state index in [1.54, 1.807) is 36.0 Å². The molecule has 1 aromatic carbocycles. The summed E-state index contributed by atoms with van der Waals surface area (Å²) in [6.45, 7) is 6.68. The molecule has 1 aliphatic heterocycles. The van der Waals surface area contributed by atoms with Crippen molar-refractivity contribution in [1.82, 2.24) is 14.5 Å². The number of fused-ring (bicyclic) bond motifs is 3. The van der Waals surface area contributed by atoms with Gasteiger partial charge in [0, 0.05) is 54.7 Å². The maximum Gasteiger partial charge on any atom is 0.259 e. The van der Waals surface area contributed by atoms with Gasteiger partial charge in [-0.2, -0.15) is 0 Å². The fourth-order valence-electron chi connectivity index (χ4n) is 4.32. The first-order valence-corrected chi connectivity index (χ1v) is 12.0. The lowest BCUT2D eigenvalue weighted by Crippen LogP contribution is -2.42. The Bertz CT molecular complexity index is 1210. The van der Waals surface area contributed by atoms with Crippen LogP contribution in [0.4, 0.5) is 0 Å². The molecular weight excluding hydrogens is 434 g/mol. The van der Waals surface area contributed by atoms with Crippen molar-refractivity contribution < 1.29 is 9.53 Å². The standard InChI is InChI=1S/C26H29N3O3S/c1-17(2)28(13-14-32-4)26(31)25-21-16-24(19-9-7-8-12-27-19)33-23-11-6-5-10-20(23)29(21)18(3)15-22(25)30/h5-12,15,17,24H,13-14,16H2,1-4H3. The maximum atomic E-state index is 13.8. The van der Waals surface area contributed by atoms with Crippen LogP contribution in [0.5, 0.6) is 0 Å². The van der Waals surface area contributed by atoms with Gasteiger partial charge in [0.2, 0.25) is 0 Å². The van der Waals surface area contributed by atoms with Crippen LogP contribution in [-0.2, 0) is 11.2 Å². The van der Waals surface area contributed by atoms with Crippen molar-refractivity contribution in [3.63, 3.8) is 0 Å². The molecule has 7 heteroatoms. The highest BCUT2D eigenvalue weighted by Crippen LogP contribution is 2.43. The van der Waals surface area contributed by atoms with E-state index in [1.807, 2.05) is 57.2 Å². The fourth-order valence-corrected chi connectivity index (χ4v) is 5.57. The summed E-state index contributed by atoms with van der Waals surface area (Å²) in [5, 5.41) is -0.0275. The number of para-hydroxylation sites is 1. The smallest absolute Gasteiger partial charge is 0.259 e. The van der Waals surface area contributed by atoms with Gasteiger partial charge < -0.3 is 14.2 Å². The molecule has 1 unspecified atom stereocenters. The van der Waals surface area contributed by atoms with Crippen molar-refractivity contribution in [2.24, 2.45) is 0 Å². The number of ether oxygens (including phenoxy) is 1. The van der Waals surface area contributed by atoms with Gasteiger partial charge in [-0.05, 0) is 45.0 Å². The lowest BCUT2D eigenvalue weighted by atomic mass is 10.0. The monoisotopic (exact) mass is 463 g/mol. The van der Waals surface area contributed by atoms with E-state index in [0.717, 1.165) is 27.7 Å². The quantitative estimate of drug-likeness (QED) is 0.541. The molecule has 4 rings (SSSR count). The minimum Gasteiger partial charge on any atom is -0.383 e. The third-order valence-electron chi connectivity index (χ3n) is 5.90. The summed E-state index contributed by atoms with van der Waals surface area (Å²) >= 11 is 1.72. The number of carbonyl (C=O) groups is 1. The first-order valence-electron chi connectivity index (χ1n) is 11.1. The largest absolute Gasteiger partial charge is 0.383 e. The minimum absolute atomic E-state index is 0.0275. The molecule has 1 amide bonds. The number of amides is 1. The first-order chi connectivity index (χ1) is 15.9. The molecule has 0 N–H and O–H groups in total. The molecule has 3 aromatic rings. The summed E-state index contributed by atoms with van der Waals surface area (Å²) in [4.78, 5) is 34.5. The molecular formula is C26H29N3O3S. The zero-order valence-corrected chi connectivity index (χ0v) is 20.3. The maximum absolute atomic E-state index is 13.8. The zero-order valence-electron chi connectivity index (χ0n) is 19.4. The summed E-state index contributed by atoms with van der Waals surface area (Å²) in [5.74, 6) is -0.250. The van der Waals surface area contributed by atoms with Gasteiger partial charge in [-0.25, -0.2) is 0 Å². The Morgan fingerprint density at radius 1 is 1.24 bits per heavy atom. The molecule has 0 spiro atoms. The summed E-state index contributed by atoms with van der Waals surface area (Å²) < 4.78 is 7.30. The number of nitrogens with zero attached hydrogens (tertiary/aromatic N) is 3. The van der Waals surface area contributed by atoms with E-state index in [-0.39, 0.29) is 28.2 Å². The summed E-state index contributed by atoms with van der Waals surface area (Å²) in [6, 6.07) is 15.5. The number of hydrogen-bond donors (Lipinski definition) is 0. The van der Waals surface area contributed by atoms with Gasteiger partial charge in [-0.1, -0.05) is 18.2 Å². The lowest BCUT2D eigenvalue weighted by Gasteiger charge is -2.28. The second-order valence-electron chi connectivity index (χ2n) is 8.43. The molecule has 172 valence electrons. The Morgan fingerprint density at radius 2 is 2.00 bits per heavy atom. The van der Waals surface area contributed by atoms with Crippen molar-refractivity contribution >= 4 is 17.7 Å². The predicted octanol–water partition coefficient (Wildman–Crippen LogP) is 4.43. The van der Waals surface area contributed by atoms with Crippen molar-refractivity contribution in [2.45, 2.75) is 43.4 Å². The van der Waals surface area contributed by atoms with E-state index in [2.05, 4.69) is 15.6 Å². The number of rotatable bonds is 6. The van der Waals surface area contributed by atoms with Gasteiger partial charge in [0.25, 0.3) is 5.91 Å². The average molecular weight is 464 g/mol. The Morgan fingerprint density at radius 3 is 2.70 bits per heavy atom. The Hall–Kier alpha value is -2.90. The molecule has 33 heavy (non-hydrogen) atoms. The number of pyridine rings is 2. The van der Waals surface area contributed by atoms with E-state index in [9.17, 15) is 9.59 Å². The fraction of sp³-hybridized carbons (Fsp3) is 0.346. The van der Waals surface area contributed by atoms with Gasteiger partial charge >= 0.3 is 0 Å². The van der Waals surface area contributed by atoms with Crippen LogP contribution in [0.3, 0.4) is 0 Å². The van der Waals surface area contributed by atoms with Crippen LogP contribution in [-0.4, -0.2) is 46.7 Å². The molecule has 2 aromatic heterocycles. The van der Waals surface area contributed by atoms with Crippen LogP contribution in [0.1, 0.15) is 46.5 Å². The van der Waals surface area contributed by atoms with E-state index < -0.39 is 0 Å². The zero-order chi connectivity index (χ0) is 23.5. The van der Waals surface area contributed by atoms with Crippen molar-refractivity contribution in [1.29, 1.82) is 0 Å². The second-order valence-corrected chi connectivity index (χ2v) is 9.67. The summed E-state index contributed by atoms with van der Waals surface area (Å²) in [5.41, 5.74) is 3.46. The van der Waals surface area contributed by atoms with Crippen LogP contribution in [0.25, 0.3) is 5.69 Å². The first kappa shape index (κ1) is 23.3. The number of thioether (sulfide) groups is 1. The Balaban J connectivity index is 1.94. The number of methoxy groups -OCH3 is 1. The average Bonchev–Trinajstić information content (AvgIpc) is 2.97. The van der Waals surface area contributed by atoms with E-state index in [1.165, 1.54) is 0 Å². The van der Waals surface area contributed by atoms with E-state index >= 15 is 0 Å². The lowest BCUT2D eigenvalue weighted by molar-refractivity contribution is 0.0631. The molecule has 0 saturated heterocycles. The number of carbonyl (C=O) groups excluding carboxylic acids is 1. The van der Waals surface area contributed by atoms with Gasteiger partial charge in [-0.3, -0.25) is 14.6 Å². The second kappa shape index (κ2) is 9.93. The van der Waals surface area contributed by atoms with Crippen molar-refractivity contribution in [3.8, 4) is 5.69 Å². The third kappa shape index (κ3) is 4.61. The Labute approximate surface area is 198 Å². The number of hydrogen-bond acceptors (Lipinski definition) is 5. The molecule has 0 aliphatic carbocycles. The van der Waals surface area contributed by atoms with Gasteiger partial charge in [0.05, 0.1) is 23.2 Å². The van der Waals surface area contributed by atoms with Crippen molar-refractivity contribution in [3.05, 3.63) is 87.6 Å². The van der Waals surface area contributed by atoms with Gasteiger partial charge in [-0.15, -0.1) is 11.8 Å². The van der Waals surface area contributed by atoms with Crippen LogP contribution >= 0.6 is 11.8 Å². The number of aryl methyl sites for hydroxylation is 1. The number of benzene rings is 1. The minimum atomic E-state index is -0.250. The van der Waals surface area contributed by atoms with E-state index in [4.69, 9.17) is 4.74 Å². The highest BCUT2D eigenvalue weighted by atomic mass is 32.2. The molecule has 0 radical (unpaired) electrons. The van der Waals surface area contributed by atoms with Crippen LogP contribution in [0, 0.1) is 6.92 Å². The Kier molecular flexibility index (Phi) is 7.00. The molecule has 3 heterocycles. The SMILES string of the molecule is COCCN(C(=O)c1c2n(c(C)cc1=O)-c1ccccc1SC(c1ccccn1)C2)C(C)C. The topological polar surface area (TPSA) is 64.4 Å². The van der Waals surface area contributed by atoms with Crippen molar-refractivity contribution in [2.75, 3.05) is 20.3 Å². The molecule has 0 saturated carbocycles. The van der Waals surface area contributed by atoms with Gasteiger partial charge in [0.15, 0.2) is 5.43 Å². The molecule has 0 fully saturated rings. The predicted molar refractivity (Wildman–Crippen MR) is 131 cm³/mol. The van der Waals surface area contributed by atoms with Gasteiger partial charge in [0.1, 0.15) is 5.56 Å². The molecule has 1 aliphatic rings. The van der Waals surface area contributed by atoms with Crippen LogP contribution < -0.4 is 5.43 Å². The van der Waals surface area contributed by atoms with Crippen LogP contribution in [0.15, 0.2) is 64.4 Å². The molecule has 1 atom stereocenters. The highest BCUT2D eigenvalue weighted by Gasteiger charge is 2.31.